The van der Waals surface area contributed by atoms with Gasteiger partial charge in [0.2, 0.25) is 0 Å². The summed E-state index contributed by atoms with van der Waals surface area (Å²) in [6.07, 6.45) is -1.83. The Morgan fingerprint density at radius 3 is 2.62 bits per heavy atom. The summed E-state index contributed by atoms with van der Waals surface area (Å²) in [4.78, 5) is 22.8. The number of nitrogens with one attached hydrogen (secondary N) is 1. The highest BCUT2D eigenvalue weighted by molar-refractivity contribution is 7.06. The minimum atomic E-state index is -4.60. The maximum Gasteiger partial charge on any atom is 0.434 e. The third-order valence-corrected chi connectivity index (χ3v) is 6.85. The van der Waals surface area contributed by atoms with E-state index in [2.05, 4.69) is 19.7 Å². The van der Waals surface area contributed by atoms with E-state index in [0.717, 1.165) is 17.7 Å². The van der Waals surface area contributed by atoms with Crippen molar-refractivity contribution < 1.29 is 31.5 Å². The van der Waals surface area contributed by atoms with Gasteiger partial charge in [-0.25, -0.2) is 13.8 Å². The number of anilines is 1. The number of aromatic nitrogens is 3. The average Bonchev–Trinajstić information content (AvgIpc) is 3.22. The van der Waals surface area contributed by atoms with Crippen molar-refractivity contribution in [2.45, 2.75) is 38.5 Å². The Labute approximate surface area is 213 Å². The number of ether oxygens (including phenoxy) is 1. The van der Waals surface area contributed by atoms with Gasteiger partial charge >= 0.3 is 6.18 Å². The molecule has 37 heavy (non-hydrogen) atoms. The minimum Gasteiger partial charge on any atom is -0.487 e. The lowest BCUT2D eigenvalue weighted by atomic mass is 10.1. The molecule has 0 bridgehead atoms. The van der Waals surface area contributed by atoms with E-state index in [1.54, 1.807) is 6.92 Å². The molecular formula is C24H24F5N5O2S. The fourth-order valence-corrected chi connectivity index (χ4v) is 4.88. The van der Waals surface area contributed by atoms with Crippen LogP contribution < -0.4 is 10.1 Å². The Morgan fingerprint density at radius 1 is 1.22 bits per heavy atom. The first-order valence-corrected chi connectivity index (χ1v) is 12.3. The predicted molar refractivity (Wildman–Crippen MR) is 127 cm³/mol. The molecule has 4 rings (SSSR count). The summed E-state index contributed by atoms with van der Waals surface area (Å²) in [5.74, 6) is -1.07. The van der Waals surface area contributed by atoms with Gasteiger partial charge in [-0.15, -0.1) is 0 Å². The number of likely N-dealkylation sites (tertiary alicyclic amines) is 1. The number of rotatable bonds is 8. The van der Waals surface area contributed by atoms with E-state index in [1.807, 2.05) is 4.90 Å². The van der Waals surface area contributed by atoms with E-state index in [-0.39, 0.29) is 29.5 Å². The number of hydrogen-bond donors (Lipinski definition) is 1. The molecule has 1 fully saturated rings. The second kappa shape index (κ2) is 11.5. The van der Waals surface area contributed by atoms with Crippen LogP contribution in [0.5, 0.6) is 5.75 Å². The zero-order chi connectivity index (χ0) is 26.6. The van der Waals surface area contributed by atoms with Gasteiger partial charge in [-0.2, -0.15) is 17.5 Å². The van der Waals surface area contributed by atoms with E-state index in [4.69, 9.17) is 4.74 Å². The van der Waals surface area contributed by atoms with Crippen molar-refractivity contribution in [2.75, 3.05) is 31.6 Å². The van der Waals surface area contributed by atoms with Crippen LogP contribution in [0.15, 0.2) is 30.6 Å². The highest BCUT2D eigenvalue weighted by atomic mass is 32.1. The van der Waals surface area contributed by atoms with Gasteiger partial charge in [0.25, 0.3) is 5.91 Å². The molecule has 198 valence electrons. The van der Waals surface area contributed by atoms with E-state index >= 15 is 0 Å². The first-order valence-electron chi connectivity index (χ1n) is 11.5. The van der Waals surface area contributed by atoms with Crippen molar-refractivity contribution in [3.8, 4) is 5.75 Å². The molecule has 0 radical (unpaired) electrons. The Kier molecular flexibility index (Phi) is 8.32. The summed E-state index contributed by atoms with van der Waals surface area (Å²) in [7, 11) is 0. The Balaban J connectivity index is 1.44. The number of aryl methyl sites for hydroxylation is 1. The zero-order valence-corrected chi connectivity index (χ0v) is 20.6. The minimum absolute atomic E-state index is 0.00200. The number of hydrogen-bond acceptors (Lipinski definition) is 7. The topological polar surface area (TPSA) is 80.2 Å². The molecule has 1 aliphatic rings. The van der Waals surface area contributed by atoms with Crippen molar-refractivity contribution in [2.24, 2.45) is 0 Å². The summed E-state index contributed by atoms with van der Waals surface area (Å²) in [5, 5.41) is 2.72. The standard InChI is InChI=1S/C24H24F5N5O2S/c1-14-22(20(37-33-14)11-16-12-31-21(13-30-16)24(27,28)29)23(35)32-15-2-3-18(26)19(10-15)36-17-4-7-34(8-5-17)9-6-25/h2-3,10,12-13,17H,4-9,11H2,1H3,(H,32,35). The van der Waals surface area contributed by atoms with Gasteiger partial charge in [0.15, 0.2) is 17.3 Å². The number of carbonyl (C=O) groups excluding carboxylic acids is 1. The highest BCUT2D eigenvalue weighted by Gasteiger charge is 2.33. The maximum atomic E-state index is 14.4. The van der Waals surface area contributed by atoms with Crippen LogP contribution in [0.4, 0.5) is 27.6 Å². The number of nitrogens with zero attached hydrogens (tertiary/aromatic N) is 4. The van der Waals surface area contributed by atoms with E-state index in [9.17, 15) is 26.7 Å². The summed E-state index contributed by atoms with van der Waals surface area (Å²) in [6, 6.07) is 4.00. The van der Waals surface area contributed by atoms with Crippen molar-refractivity contribution in [1.29, 1.82) is 0 Å². The maximum absolute atomic E-state index is 14.4. The van der Waals surface area contributed by atoms with Gasteiger partial charge in [-0.05, 0) is 43.4 Å². The van der Waals surface area contributed by atoms with Crippen LogP contribution in [0.2, 0.25) is 0 Å². The zero-order valence-electron chi connectivity index (χ0n) is 19.8. The molecule has 0 atom stereocenters. The first kappa shape index (κ1) is 26.9. The summed E-state index contributed by atoms with van der Waals surface area (Å²) in [6.45, 7) is 2.90. The quantitative estimate of drug-likeness (QED) is 0.402. The van der Waals surface area contributed by atoms with Gasteiger partial charge in [-0.1, -0.05) is 0 Å². The SMILES string of the molecule is Cc1nsc(Cc2cnc(C(F)(F)F)cn2)c1C(=O)Nc1ccc(F)c(OC2CCN(CCF)CC2)c1. The molecule has 1 amide bonds. The van der Waals surface area contributed by atoms with Gasteiger partial charge < -0.3 is 15.0 Å². The van der Waals surface area contributed by atoms with Gasteiger partial charge in [0, 0.05) is 48.9 Å². The van der Waals surface area contributed by atoms with E-state index in [0.29, 0.717) is 54.9 Å². The third kappa shape index (κ3) is 6.77. The van der Waals surface area contributed by atoms with Crippen LogP contribution in [-0.2, 0) is 12.6 Å². The molecule has 3 aromatic rings. The largest absolute Gasteiger partial charge is 0.487 e. The number of piperidine rings is 1. The number of alkyl halides is 4. The molecule has 0 aliphatic carbocycles. The molecule has 0 unspecified atom stereocenters. The summed E-state index contributed by atoms with van der Waals surface area (Å²) >= 11 is 1.04. The molecule has 1 aromatic carbocycles. The Bertz CT molecular complexity index is 1230. The van der Waals surface area contributed by atoms with Gasteiger partial charge in [-0.3, -0.25) is 9.78 Å². The molecular weight excluding hydrogens is 517 g/mol. The van der Waals surface area contributed by atoms with Crippen LogP contribution >= 0.6 is 11.5 Å². The van der Waals surface area contributed by atoms with Gasteiger partial charge in [0.05, 0.1) is 23.1 Å². The van der Waals surface area contributed by atoms with Crippen LogP contribution in [0, 0.1) is 12.7 Å². The third-order valence-electron chi connectivity index (χ3n) is 5.92. The van der Waals surface area contributed by atoms with Crippen molar-refractivity contribution >= 4 is 23.1 Å². The van der Waals surface area contributed by atoms with E-state index < -0.39 is 30.3 Å². The van der Waals surface area contributed by atoms with Crippen LogP contribution in [-0.4, -0.2) is 57.6 Å². The fourth-order valence-electron chi connectivity index (χ4n) is 4.00. The second-order valence-corrected chi connectivity index (χ2v) is 9.44. The van der Waals surface area contributed by atoms with Crippen LogP contribution in [0.25, 0.3) is 0 Å². The molecule has 3 heterocycles. The summed E-state index contributed by atoms with van der Waals surface area (Å²) < 4.78 is 75.2. The van der Waals surface area contributed by atoms with Crippen LogP contribution in [0.1, 0.15) is 45.2 Å². The fraction of sp³-hybridized carbons (Fsp3) is 0.417. The monoisotopic (exact) mass is 541 g/mol. The highest BCUT2D eigenvalue weighted by Crippen LogP contribution is 2.29. The lowest BCUT2D eigenvalue weighted by molar-refractivity contribution is -0.141. The molecule has 0 saturated carbocycles. The molecule has 1 saturated heterocycles. The number of carbonyl (C=O) groups is 1. The van der Waals surface area contributed by atoms with E-state index in [1.165, 1.54) is 18.2 Å². The molecule has 1 N–H and O–H groups in total. The molecule has 2 aromatic heterocycles. The first-order chi connectivity index (χ1) is 17.6. The smallest absolute Gasteiger partial charge is 0.434 e. The molecule has 13 heteroatoms. The lowest BCUT2D eigenvalue weighted by Crippen LogP contribution is -2.39. The number of amides is 1. The lowest BCUT2D eigenvalue weighted by Gasteiger charge is -2.31. The Morgan fingerprint density at radius 2 is 1.97 bits per heavy atom. The van der Waals surface area contributed by atoms with Gasteiger partial charge in [0.1, 0.15) is 12.8 Å². The second-order valence-electron chi connectivity index (χ2n) is 8.58. The number of halogens is 5. The average molecular weight is 542 g/mol. The molecule has 7 nitrogen and oxygen atoms in total. The van der Waals surface area contributed by atoms with Crippen molar-refractivity contribution in [3.05, 3.63) is 63.9 Å². The molecule has 1 aliphatic heterocycles. The normalized spacial score (nSPS) is 15.1. The summed E-state index contributed by atoms with van der Waals surface area (Å²) in [5.41, 5.74) is 0.159. The Hall–Kier alpha value is -3.19. The van der Waals surface area contributed by atoms with Crippen LogP contribution in [0.3, 0.4) is 0 Å². The van der Waals surface area contributed by atoms with Crippen molar-refractivity contribution in [1.82, 2.24) is 19.2 Å². The molecule has 0 spiro atoms. The predicted octanol–water partition coefficient (Wildman–Crippen LogP) is 5.06. The van der Waals surface area contributed by atoms with Crippen molar-refractivity contribution in [3.63, 3.8) is 0 Å². The number of benzene rings is 1.